The van der Waals surface area contributed by atoms with Crippen LogP contribution < -0.4 is 27.8 Å². The number of aryl methyl sites for hydroxylation is 2. The number of nitrogens with one attached hydrogen (secondary N) is 4. The molecule has 0 aromatic heterocycles. The Bertz CT molecular complexity index is 3710. The molecule has 0 saturated carbocycles. The number of piperidine rings is 4. The highest BCUT2D eigenvalue weighted by Gasteiger charge is 2.54. The molecule has 0 aliphatic carbocycles. The minimum atomic E-state index is -1.63. The SMILES string of the molecule is CC(=O)OC[C@H]1O[C@@H](OC(=N)/C(Cc2ccc(/C=C/CCN3CCCC4(CCN(C(=O)CN)CC4)C3)cc2C)=C(\N)C(C)C)[C@H](OC(C)=O)[C@@H](OC(C)=O)[C@@H]1OC(C)=O.Cc1cc(/C=C/CCN2CCCC3(CCN(C(=O)CNC(=O)NCC(C)C)CC3)C2)ccc1C/C(C(=N)O[C@@H]1O[C@H](CO)[C@@H](O)[C@H](O)[C@H]1O)=C(/N)C(C)C. The Morgan fingerprint density at radius 1 is 0.575 bits per heavy atom. The second-order valence-corrected chi connectivity index (χ2v) is 32.1. The second-order valence-electron chi connectivity index (χ2n) is 32.1. The Morgan fingerprint density at radius 2 is 1.03 bits per heavy atom. The largest absolute Gasteiger partial charge is 0.463 e. The zero-order valence-electron chi connectivity index (χ0n) is 68.3. The van der Waals surface area contributed by atoms with Gasteiger partial charge in [-0.15, -0.1) is 0 Å². The molecule has 30 heteroatoms. The van der Waals surface area contributed by atoms with Gasteiger partial charge < -0.3 is 106 Å². The Kier molecular flexibility index (Phi) is 35.3. The third-order valence-corrected chi connectivity index (χ3v) is 22.1. The van der Waals surface area contributed by atoms with E-state index >= 15 is 0 Å². The third-order valence-electron chi connectivity index (χ3n) is 22.1. The number of urea groups is 1. The maximum absolute atomic E-state index is 12.8. The Labute approximate surface area is 665 Å². The summed E-state index contributed by atoms with van der Waals surface area (Å²) in [6.07, 6.45) is 5.19. The van der Waals surface area contributed by atoms with Crippen LogP contribution in [-0.2, 0) is 79.5 Å². The van der Waals surface area contributed by atoms with E-state index in [1.54, 1.807) is 0 Å². The Morgan fingerprint density at radius 3 is 1.46 bits per heavy atom. The van der Waals surface area contributed by atoms with Gasteiger partial charge in [0.05, 0.1) is 19.7 Å². The van der Waals surface area contributed by atoms with Crippen LogP contribution >= 0.6 is 0 Å². The van der Waals surface area contributed by atoms with E-state index in [-0.39, 0.29) is 71.8 Å². The number of amides is 4. The molecule has 8 rings (SSSR count). The lowest BCUT2D eigenvalue weighted by Crippen LogP contribution is -2.63. The fraction of sp³-hybridized carbons (Fsp3) is 0.651. The van der Waals surface area contributed by atoms with E-state index in [0.717, 1.165) is 171 Å². The Balaban J connectivity index is 0.000000314. The van der Waals surface area contributed by atoms with Crippen molar-refractivity contribution in [3.63, 3.8) is 0 Å². The van der Waals surface area contributed by atoms with E-state index in [4.69, 9.17) is 65.9 Å². The molecule has 10 atom stereocenters. The molecule has 6 fully saturated rings. The van der Waals surface area contributed by atoms with Crippen LogP contribution in [0.25, 0.3) is 12.2 Å². The monoisotopic (exact) mass is 1580 g/mol. The summed E-state index contributed by atoms with van der Waals surface area (Å²) in [6, 6.07) is 11.9. The maximum atomic E-state index is 12.8. The highest BCUT2D eigenvalue weighted by Crippen LogP contribution is 2.42. The zero-order chi connectivity index (χ0) is 83.0. The quantitative estimate of drug-likeness (QED) is 0.0198. The van der Waals surface area contributed by atoms with Gasteiger partial charge in [0.25, 0.3) is 0 Å². The number of hydrogen-bond donors (Lipinski definition) is 11. The summed E-state index contributed by atoms with van der Waals surface area (Å²) in [4.78, 5) is 94.2. The van der Waals surface area contributed by atoms with E-state index < -0.39 is 98.5 Å². The zero-order valence-corrected chi connectivity index (χ0v) is 68.3. The van der Waals surface area contributed by atoms with Crippen LogP contribution in [0.2, 0.25) is 0 Å². The summed E-state index contributed by atoms with van der Waals surface area (Å²) in [5.74, 6) is -3.60. The molecule has 14 N–H and O–H groups in total. The van der Waals surface area contributed by atoms with Gasteiger partial charge in [-0.05, 0) is 153 Å². The van der Waals surface area contributed by atoms with Crippen molar-refractivity contribution in [3.8, 4) is 0 Å². The predicted octanol–water partition coefficient (Wildman–Crippen LogP) is 5.81. The van der Waals surface area contributed by atoms with Crippen molar-refractivity contribution >= 4 is 65.7 Å². The summed E-state index contributed by atoms with van der Waals surface area (Å²) in [6.45, 7) is 29.1. The van der Waals surface area contributed by atoms with Crippen LogP contribution in [0.4, 0.5) is 4.79 Å². The summed E-state index contributed by atoms with van der Waals surface area (Å²) < 4.78 is 44.9. The summed E-state index contributed by atoms with van der Waals surface area (Å²) in [7, 11) is 0. The van der Waals surface area contributed by atoms with Crippen molar-refractivity contribution < 1.29 is 91.9 Å². The first-order valence-electron chi connectivity index (χ1n) is 39.9. The number of likely N-dealkylation sites (tertiary alicyclic amines) is 4. The van der Waals surface area contributed by atoms with Gasteiger partial charge in [0.1, 0.15) is 37.1 Å². The van der Waals surface area contributed by atoms with E-state index in [9.17, 15) is 54.0 Å². The molecule has 113 heavy (non-hydrogen) atoms. The number of rotatable bonds is 29. The summed E-state index contributed by atoms with van der Waals surface area (Å²) in [5.41, 5.74) is 26.7. The number of carbonyl (C=O) groups excluding carboxylic acids is 7. The van der Waals surface area contributed by atoms with Gasteiger partial charge in [-0.2, -0.15) is 0 Å². The van der Waals surface area contributed by atoms with Crippen molar-refractivity contribution in [2.45, 2.75) is 222 Å². The van der Waals surface area contributed by atoms with Crippen molar-refractivity contribution in [1.29, 1.82) is 10.8 Å². The Hall–Kier alpha value is -8.33. The van der Waals surface area contributed by atoms with Gasteiger partial charge in [0, 0.05) is 122 Å². The normalized spacial score (nSPS) is 24.4. The van der Waals surface area contributed by atoms with Gasteiger partial charge in [0.15, 0.2) is 12.2 Å². The second kappa shape index (κ2) is 43.4. The number of nitrogens with two attached hydrogens (primary N) is 3. The third kappa shape index (κ3) is 27.2. The smallest absolute Gasteiger partial charge is 0.315 e. The van der Waals surface area contributed by atoms with Crippen molar-refractivity contribution in [1.82, 2.24) is 30.2 Å². The number of aliphatic hydroxyl groups excluding tert-OH is 4. The van der Waals surface area contributed by atoms with Gasteiger partial charge in [0.2, 0.25) is 42.3 Å². The lowest BCUT2D eigenvalue weighted by Gasteiger charge is -2.47. The lowest BCUT2D eigenvalue weighted by atomic mass is 9.72. The fourth-order valence-electron chi connectivity index (χ4n) is 15.6. The molecule has 2 aromatic rings. The number of hydrogen-bond acceptors (Lipinski definition) is 26. The van der Waals surface area contributed by atoms with Gasteiger partial charge in [-0.3, -0.25) is 39.6 Å². The van der Waals surface area contributed by atoms with Gasteiger partial charge in [-0.25, -0.2) is 4.79 Å². The molecule has 6 saturated heterocycles. The molecular weight excluding hydrogens is 1450 g/mol. The molecule has 6 aliphatic heterocycles. The number of benzene rings is 2. The number of allylic oxidation sites excluding steroid dienone is 2. The standard InChI is InChI=1S/C43H63N5O11.C40H64N6O8/c1-26(2)37(45)34(41(46)59-42-40(57-31(7)52)39(56-30(6)51)38(55-29(5)50)35(58-42)24-54-28(4)49)22-33-13-12-32(21-27(33)3)11-8-9-17-47-18-10-14-43(25-47)15-19-48(20-16-43)36(53)23-44;1-25(2)21-43-39(52)44-22-32(48)46-17-13-40(14-18-46)12-8-16-45(24-40)15-7-6-9-28-10-11-29(27(5)19-28)20-30(33(41)26(3)4)37(42)54-38-36(51)35(50)34(49)31(23-47)53-38/h8,11-13,21,26,35,38-40,42,46H,9-10,14-20,22-25,44-45H2,1-7H3;6,9-11,19,25-26,31,34-36,38,42,47,49-51H,7-8,12-18,20-24,41H2,1-5H3,(H2,43,44,52)/b11-8+,37-34-,46-41?;9-6+,33-30-,42-37?/t35-,38-,39+,40-,42+;31-,34-,35+,36-,38+/m11/s1. The minimum absolute atomic E-state index is 0.0245. The molecule has 2 aromatic carbocycles. The van der Waals surface area contributed by atoms with Crippen LogP contribution in [0.3, 0.4) is 0 Å². The fourth-order valence-corrected chi connectivity index (χ4v) is 15.6. The van der Waals surface area contributed by atoms with E-state index in [1.165, 1.54) is 19.8 Å². The number of ether oxygens (including phenoxy) is 8. The molecule has 0 unspecified atom stereocenters. The van der Waals surface area contributed by atoms with Gasteiger partial charge in [-0.1, -0.05) is 102 Å². The molecule has 2 spiro atoms. The van der Waals surface area contributed by atoms with Crippen molar-refractivity contribution in [2.24, 2.45) is 45.8 Å². The highest BCUT2D eigenvalue weighted by molar-refractivity contribution is 5.93. The molecule has 628 valence electrons. The first kappa shape index (κ1) is 91.8. The summed E-state index contributed by atoms with van der Waals surface area (Å²) in [5, 5.41) is 63.6. The number of carbonyl (C=O) groups is 7. The number of esters is 4. The van der Waals surface area contributed by atoms with Crippen LogP contribution in [0.15, 0.2) is 71.1 Å². The van der Waals surface area contributed by atoms with Gasteiger partial charge >= 0.3 is 29.9 Å². The van der Waals surface area contributed by atoms with Crippen LogP contribution in [0.1, 0.15) is 167 Å². The number of aliphatic hydroxyl groups is 4. The molecule has 6 heterocycles. The van der Waals surface area contributed by atoms with E-state index in [2.05, 4.69) is 56.9 Å². The van der Waals surface area contributed by atoms with E-state index in [1.807, 2.05) is 89.5 Å². The van der Waals surface area contributed by atoms with Crippen LogP contribution in [0.5, 0.6) is 0 Å². The molecule has 6 aliphatic rings. The van der Waals surface area contributed by atoms with E-state index in [0.29, 0.717) is 41.4 Å². The van der Waals surface area contributed by atoms with Crippen molar-refractivity contribution in [2.75, 3.05) is 98.3 Å². The summed E-state index contributed by atoms with van der Waals surface area (Å²) >= 11 is 0. The lowest BCUT2D eigenvalue weighted by molar-refractivity contribution is -0.291. The minimum Gasteiger partial charge on any atom is -0.463 e. The van der Waals surface area contributed by atoms with Crippen LogP contribution in [-0.4, -0.2) is 253 Å². The molecule has 30 nitrogen and oxygen atoms in total. The van der Waals surface area contributed by atoms with Crippen molar-refractivity contribution in [3.05, 3.63) is 104 Å². The molecule has 0 radical (unpaired) electrons. The first-order chi connectivity index (χ1) is 53.5. The highest BCUT2D eigenvalue weighted by atomic mass is 16.7. The average molecular weight is 1580 g/mol. The maximum Gasteiger partial charge on any atom is 0.315 e. The van der Waals surface area contributed by atoms with Crippen LogP contribution in [0, 0.1) is 53.2 Å². The number of nitrogens with zero attached hydrogens (tertiary/aromatic N) is 4. The first-order valence-corrected chi connectivity index (χ1v) is 39.9. The molecule has 4 amide bonds. The predicted molar refractivity (Wildman–Crippen MR) is 426 cm³/mol. The molecular formula is C83H127N11O19. The average Bonchev–Trinajstić information content (AvgIpc) is 0.787. The topological polar surface area (TPSA) is 437 Å². The molecule has 0 bridgehead atoms.